The second kappa shape index (κ2) is 6.66. The summed E-state index contributed by atoms with van der Waals surface area (Å²) in [6.45, 7) is 7.96. The third-order valence-electron chi connectivity index (χ3n) is 3.23. The molecule has 0 aliphatic rings. The zero-order valence-electron chi connectivity index (χ0n) is 12.0. The van der Waals surface area contributed by atoms with E-state index in [1.54, 1.807) is 7.11 Å². The maximum Gasteiger partial charge on any atom is 0.177 e. The number of aryl methyl sites for hydroxylation is 3. The molecule has 3 heteroatoms. The SMILES string of the molecule is COCCN(C)CC(=O)c1cc(C)c(C)cc1C. The predicted octanol–water partition coefficient (Wildman–Crippen LogP) is 2.37. The maximum atomic E-state index is 12.2. The van der Waals surface area contributed by atoms with Crippen LogP contribution in [0, 0.1) is 20.8 Å². The lowest BCUT2D eigenvalue weighted by atomic mass is 9.98. The van der Waals surface area contributed by atoms with E-state index >= 15 is 0 Å². The molecule has 0 aliphatic carbocycles. The van der Waals surface area contributed by atoms with Crippen molar-refractivity contribution in [1.82, 2.24) is 4.90 Å². The molecule has 0 spiro atoms. The molecule has 0 saturated heterocycles. The van der Waals surface area contributed by atoms with Gasteiger partial charge in [-0.25, -0.2) is 0 Å². The lowest BCUT2D eigenvalue weighted by Gasteiger charge is -2.16. The van der Waals surface area contributed by atoms with E-state index in [2.05, 4.69) is 13.0 Å². The number of ether oxygens (including phenoxy) is 1. The van der Waals surface area contributed by atoms with Crippen LogP contribution in [0.2, 0.25) is 0 Å². The fourth-order valence-corrected chi connectivity index (χ4v) is 1.92. The van der Waals surface area contributed by atoms with Crippen molar-refractivity contribution in [3.8, 4) is 0 Å². The number of carbonyl (C=O) groups is 1. The highest BCUT2D eigenvalue weighted by Gasteiger charge is 2.12. The Balaban J connectivity index is 2.75. The van der Waals surface area contributed by atoms with E-state index in [4.69, 9.17) is 4.74 Å². The number of ketones is 1. The van der Waals surface area contributed by atoms with Gasteiger partial charge in [0.1, 0.15) is 0 Å². The van der Waals surface area contributed by atoms with E-state index in [0.717, 1.165) is 17.7 Å². The monoisotopic (exact) mass is 249 g/mol. The first kappa shape index (κ1) is 14.9. The van der Waals surface area contributed by atoms with E-state index in [1.807, 2.05) is 31.9 Å². The van der Waals surface area contributed by atoms with Crippen molar-refractivity contribution in [3.63, 3.8) is 0 Å². The average molecular weight is 249 g/mol. The first-order valence-corrected chi connectivity index (χ1v) is 6.24. The maximum absolute atomic E-state index is 12.2. The molecule has 0 aliphatic heterocycles. The number of hydrogen-bond acceptors (Lipinski definition) is 3. The first-order valence-electron chi connectivity index (χ1n) is 6.24. The number of Topliss-reactive ketones (excluding diaryl/α,β-unsaturated/α-hetero) is 1. The molecule has 0 amide bonds. The van der Waals surface area contributed by atoms with Crippen LogP contribution in [0.25, 0.3) is 0 Å². The topological polar surface area (TPSA) is 29.5 Å². The standard InChI is InChI=1S/C15H23NO2/c1-11-8-13(3)14(9-12(11)2)15(17)10-16(4)6-7-18-5/h8-9H,6-7,10H2,1-5H3. The van der Waals surface area contributed by atoms with E-state index in [-0.39, 0.29) is 5.78 Å². The molecule has 0 saturated carbocycles. The summed E-state index contributed by atoms with van der Waals surface area (Å²) >= 11 is 0. The minimum Gasteiger partial charge on any atom is -0.383 e. The van der Waals surface area contributed by atoms with Crippen molar-refractivity contribution >= 4 is 5.78 Å². The second-order valence-electron chi connectivity index (χ2n) is 4.91. The molecule has 18 heavy (non-hydrogen) atoms. The van der Waals surface area contributed by atoms with Crippen molar-refractivity contribution < 1.29 is 9.53 Å². The summed E-state index contributed by atoms with van der Waals surface area (Å²) < 4.78 is 5.01. The zero-order valence-corrected chi connectivity index (χ0v) is 12.0. The molecule has 1 aromatic carbocycles. The van der Waals surface area contributed by atoms with Gasteiger partial charge in [-0.3, -0.25) is 9.69 Å². The van der Waals surface area contributed by atoms with Crippen molar-refractivity contribution in [2.24, 2.45) is 0 Å². The van der Waals surface area contributed by atoms with Crippen LogP contribution < -0.4 is 0 Å². The number of rotatable bonds is 6. The molecular formula is C15H23NO2. The van der Waals surface area contributed by atoms with Crippen LogP contribution in [0.1, 0.15) is 27.0 Å². The highest BCUT2D eigenvalue weighted by atomic mass is 16.5. The van der Waals surface area contributed by atoms with Gasteiger partial charge in [0.05, 0.1) is 13.2 Å². The molecule has 0 aromatic heterocycles. The van der Waals surface area contributed by atoms with Crippen LogP contribution in [0.3, 0.4) is 0 Å². The van der Waals surface area contributed by atoms with Gasteiger partial charge in [0.25, 0.3) is 0 Å². The summed E-state index contributed by atoms with van der Waals surface area (Å²) in [5.41, 5.74) is 4.30. The quantitative estimate of drug-likeness (QED) is 0.725. The minimum absolute atomic E-state index is 0.175. The van der Waals surface area contributed by atoms with Crippen LogP contribution in [-0.2, 0) is 4.74 Å². The zero-order chi connectivity index (χ0) is 13.7. The van der Waals surface area contributed by atoms with Gasteiger partial charge in [-0.1, -0.05) is 6.07 Å². The molecule has 3 nitrogen and oxygen atoms in total. The lowest BCUT2D eigenvalue weighted by Crippen LogP contribution is -2.29. The van der Waals surface area contributed by atoms with Crippen LogP contribution in [0.15, 0.2) is 12.1 Å². The van der Waals surface area contributed by atoms with Gasteiger partial charge in [0, 0.05) is 19.2 Å². The fraction of sp³-hybridized carbons (Fsp3) is 0.533. The normalized spacial score (nSPS) is 11.0. The van der Waals surface area contributed by atoms with Crippen molar-refractivity contribution in [1.29, 1.82) is 0 Å². The summed E-state index contributed by atoms with van der Waals surface area (Å²) in [7, 11) is 3.61. The van der Waals surface area contributed by atoms with Crippen LogP contribution in [-0.4, -0.2) is 44.5 Å². The summed E-state index contributed by atoms with van der Waals surface area (Å²) in [6, 6.07) is 4.08. The molecular weight excluding hydrogens is 226 g/mol. The highest BCUT2D eigenvalue weighted by molar-refractivity contribution is 5.99. The van der Waals surface area contributed by atoms with Gasteiger partial charge in [-0.15, -0.1) is 0 Å². The van der Waals surface area contributed by atoms with Crippen LogP contribution in [0.4, 0.5) is 0 Å². The number of hydrogen-bond donors (Lipinski definition) is 0. The molecule has 0 bridgehead atoms. The molecule has 0 unspecified atom stereocenters. The Kier molecular flexibility index (Phi) is 5.51. The predicted molar refractivity (Wildman–Crippen MR) is 74.4 cm³/mol. The minimum atomic E-state index is 0.175. The molecule has 0 fully saturated rings. The van der Waals surface area contributed by atoms with E-state index < -0.39 is 0 Å². The first-order chi connectivity index (χ1) is 8.45. The Morgan fingerprint density at radius 1 is 1.17 bits per heavy atom. The lowest BCUT2D eigenvalue weighted by molar-refractivity contribution is 0.0922. The van der Waals surface area contributed by atoms with Crippen molar-refractivity contribution in [2.75, 3.05) is 33.9 Å². The number of carbonyl (C=O) groups excluding carboxylic acids is 1. The van der Waals surface area contributed by atoms with Gasteiger partial charge in [-0.05, 0) is 50.6 Å². The number of likely N-dealkylation sites (N-methyl/N-ethyl adjacent to an activating group) is 1. The molecule has 0 radical (unpaired) electrons. The Hall–Kier alpha value is -1.19. The van der Waals surface area contributed by atoms with Gasteiger partial charge in [0.15, 0.2) is 5.78 Å². The number of nitrogens with zero attached hydrogens (tertiary/aromatic N) is 1. The van der Waals surface area contributed by atoms with Crippen LogP contribution in [0.5, 0.6) is 0 Å². The van der Waals surface area contributed by atoms with E-state index in [9.17, 15) is 4.79 Å². The molecule has 1 aromatic rings. The summed E-state index contributed by atoms with van der Waals surface area (Å²) in [5.74, 6) is 0.175. The van der Waals surface area contributed by atoms with Gasteiger partial charge < -0.3 is 4.74 Å². The Bertz CT molecular complexity index is 427. The number of methoxy groups -OCH3 is 1. The summed E-state index contributed by atoms with van der Waals surface area (Å²) in [6.07, 6.45) is 0. The van der Waals surface area contributed by atoms with E-state index in [1.165, 1.54) is 11.1 Å². The van der Waals surface area contributed by atoms with Gasteiger partial charge >= 0.3 is 0 Å². The molecule has 0 N–H and O–H groups in total. The van der Waals surface area contributed by atoms with Gasteiger partial charge in [-0.2, -0.15) is 0 Å². The molecule has 0 heterocycles. The summed E-state index contributed by atoms with van der Waals surface area (Å²) in [5, 5.41) is 0. The van der Waals surface area contributed by atoms with Crippen molar-refractivity contribution in [2.45, 2.75) is 20.8 Å². The van der Waals surface area contributed by atoms with E-state index in [0.29, 0.717) is 13.2 Å². The third kappa shape index (κ3) is 3.93. The Morgan fingerprint density at radius 2 is 1.78 bits per heavy atom. The van der Waals surface area contributed by atoms with Gasteiger partial charge in [0.2, 0.25) is 0 Å². The Morgan fingerprint density at radius 3 is 2.39 bits per heavy atom. The molecule has 100 valence electrons. The largest absolute Gasteiger partial charge is 0.383 e. The highest BCUT2D eigenvalue weighted by Crippen LogP contribution is 2.16. The Labute approximate surface area is 110 Å². The number of benzene rings is 1. The van der Waals surface area contributed by atoms with Crippen molar-refractivity contribution in [3.05, 3.63) is 34.4 Å². The molecule has 1 rings (SSSR count). The molecule has 0 atom stereocenters. The third-order valence-corrected chi connectivity index (χ3v) is 3.23. The summed E-state index contributed by atoms with van der Waals surface area (Å²) in [4.78, 5) is 14.2. The smallest absolute Gasteiger partial charge is 0.177 e. The fourth-order valence-electron chi connectivity index (χ4n) is 1.92. The average Bonchev–Trinajstić information content (AvgIpc) is 2.31. The second-order valence-corrected chi connectivity index (χ2v) is 4.91. The van der Waals surface area contributed by atoms with Crippen LogP contribution >= 0.6 is 0 Å².